The third-order valence-electron chi connectivity index (χ3n) is 3.50. The highest BCUT2D eigenvalue weighted by atomic mass is 19.1. The Hall–Kier alpha value is -2.36. The topological polar surface area (TPSA) is 29.5 Å². The monoisotopic (exact) mass is 271 g/mol. The molecule has 1 heterocycles. The second-order valence-electron chi connectivity index (χ2n) is 4.74. The molecule has 102 valence electrons. The maximum absolute atomic E-state index is 13.4. The molecule has 4 heteroatoms. The molecule has 0 aromatic heterocycles. The lowest BCUT2D eigenvalue weighted by atomic mass is 10.1. The van der Waals surface area contributed by atoms with Gasteiger partial charge in [-0.05, 0) is 29.8 Å². The van der Waals surface area contributed by atoms with Crippen LogP contribution in [-0.4, -0.2) is 13.0 Å². The average molecular weight is 271 g/mol. The van der Waals surface area contributed by atoms with E-state index in [4.69, 9.17) is 4.74 Å². The van der Waals surface area contributed by atoms with Crippen molar-refractivity contribution in [1.82, 2.24) is 0 Å². The van der Waals surface area contributed by atoms with Crippen LogP contribution in [0.3, 0.4) is 0 Å². The summed E-state index contributed by atoms with van der Waals surface area (Å²) in [6.07, 6.45) is 0.397. The van der Waals surface area contributed by atoms with Crippen molar-refractivity contribution in [3.8, 4) is 5.75 Å². The fourth-order valence-corrected chi connectivity index (χ4v) is 2.53. The van der Waals surface area contributed by atoms with Crippen LogP contribution in [0.1, 0.15) is 11.1 Å². The second-order valence-corrected chi connectivity index (χ2v) is 4.74. The summed E-state index contributed by atoms with van der Waals surface area (Å²) in [5, 5.41) is 0. The maximum atomic E-state index is 13.4. The molecule has 1 aliphatic heterocycles. The van der Waals surface area contributed by atoms with Crippen LogP contribution in [-0.2, 0) is 17.8 Å². The van der Waals surface area contributed by atoms with Crippen LogP contribution in [0, 0.1) is 5.82 Å². The normalized spacial score (nSPS) is 13.5. The third-order valence-corrected chi connectivity index (χ3v) is 3.50. The molecule has 0 bridgehead atoms. The van der Waals surface area contributed by atoms with Crippen molar-refractivity contribution in [2.45, 2.75) is 13.0 Å². The van der Waals surface area contributed by atoms with Gasteiger partial charge in [-0.3, -0.25) is 4.79 Å². The van der Waals surface area contributed by atoms with Gasteiger partial charge in [0.15, 0.2) is 0 Å². The molecule has 0 N–H and O–H groups in total. The smallest absolute Gasteiger partial charge is 0.231 e. The van der Waals surface area contributed by atoms with E-state index in [1.54, 1.807) is 11.0 Å². The minimum absolute atomic E-state index is 0.0255. The van der Waals surface area contributed by atoms with Gasteiger partial charge in [0.2, 0.25) is 5.91 Å². The Labute approximate surface area is 116 Å². The molecule has 0 spiro atoms. The van der Waals surface area contributed by atoms with Crippen LogP contribution in [0.4, 0.5) is 10.1 Å². The molecule has 3 nitrogen and oxygen atoms in total. The number of rotatable bonds is 3. The molecule has 1 aliphatic rings. The Morgan fingerprint density at radius 3 is 2.85 bits per heavy atom. The first-order chi connectivity index (χ1) is 9.69. The standard InChI is InChI=1S/C16H14FNO2/c1-20-15-7-6-13(17)8-12(15)10-18-14-5-3-2-4-11(14)9-16(18)19/h2-8H,9-10H2,1H3. The number of fused-ring (bicyclic) bond motifs is 1. The van der Waals surface area contributed by atoms with Crippen molar-refractivity contribution in [3.63, 3.8) is 0 Å². The Morgan fingerprint density at radius 2 is 2.05 bits per heavy atom. The van der Waals surface area contributed by atoms with Gasteiger partial charge in [-0.15, -0.1) is 0 Å². The van der Waals surface area contributed by atoms with Gasteiger partial charge in [0.1, 0.15) is 11.6 Å². The number of carbonyl (C=O) groups is 1. The number of anilines is 1. The van der Waals surface area contributed by atoms with Gasteiger partial charge < -0.3 is 9.64 Å². The number of para-hydroxylation sites is 1. The molecule has 3 rings (SSSR count). The van der Waals surface area contributed by atoms with E-state index < -0.39 is 0 Å². The molecule has 0 aliphatic carbocycles. The maximum Gasteiger partial charge on any atom is 0.231 e. The summed E-state index contributed by atoms with van der Waals surface area (Å²) in [7, 11) is 1.54. The van der Waals surface area contributed by atoms with Crippen LogP contribution in [0.25, 0.3) is 0 Å². The summed E-state index contributed by atoms with van der Waals surface area (Å²) in [5.74, 6) is 0.279. The van der Waals surface area contributed by atoms with E-state index in [0.717, 1.165) is 11.3 Å². The van der Waals surface area contributed by atoms with Gasteiger partial charge >= 0.3 is 0 Å². The average Bonchev–Trinajstić information content (AvgIpc) is 2.76. The van der Waals surface area contributed by atoms with Gasteiger partial charge in [-0.1, -0.05) is 18.2 Å². The first-order valence-electron chi connectivity index (χ1n) is 6.39. The van der Waals surface area contributed by atoms with Crippen LogP contribution < -0.4 is 9.64 Å². The zero-order chi connectivity index (χ0) is 14.1. The van der Waals surface area contributed by atoms with E-state index in [9.17, 15) is 9.18 Å². The predicted molar refractivity (Wildman–Crippen MR) is 74.3 cm³/mol. The number of methoxy groups -OCH3 is 1. The highest BCUT2D eigenvalue weighted by Gasteiger charge is 2.27. The summed E-state index contributed by atoms with van der Waals surface area (Å²) in [4.78, 5) is 13.8. The zero-order valence-electron chi connectivity index (χ0n) is 11.1. The van der Waals surface area contributed by atoms with Gasteiger partial charge in [0.25, 0.3) is 0 Å². The van der Waals surface area contributed by atoms with Crippen LogP contribution >= 0.6 is 0 Å². The Kier molecular flexibility index (Phi) is 3.14. The zero-order valence-corrected chi connectivity index (χ0v) is 11.1. The number of carbonyl (C=O) groups excluding carboxylic acids is 1. The fourth-order valence-electron chi connectivity index (χ4n) is 2.53. The minimum atomic E-state index is -0.333. The van der Waals surface area contributed by atoms with Crippen molar-refractivity contribution < 1.29 is 13.9 Å². The van der Waals surface area contributed by atoms with Gasteiger partial charge in [0.05, 0.1) is 20.1 Å². The summed E-state index contributed by atoms with van der Waals surface area (Å²) >= 11 is 0. The first-order valence-corrected chi connectivity index (χ1v) is 6.39. The number of halogens is 1. The molecular formula is C16H14FNO2. The lowest BCUT2D eigenvalue weighted by molar-refractivity contribution is -0.117. The molecule has 0 atom stereocenters. The molecular weight excluding hydrogens is 257 g/mol. The third kappa shape index (κ3) is 2.13. The lowest BCUT2D eigenvalue weighted by Crippen LogP contribution is -2.26. The van der Waals surface area contributed by atoms with Crippen molar-refractivity contribution in [3.05, 3.63) is 59.4 Å². The second kappa shape index (κ2) is 4.96. The van der Waals surface area contributed by atoms with Crippen molar-refractivity contribution in [1.29, 1.82) is 0 Å². The van der Waals surface area contributed by atoms with Gasteiger partial charge in [-0.25, -0.2) is 4.39 Å². The number of hydrogen-bond donors (Lipinski definition) is 0. The summed E-state index contributed by atoms with van der Waals surface area (Å²) in [5.41, 5.74) is 2.56. The first kappa shape index (κ1) is 12.7. The number of benzene rings is 2. The summed E-state index contributed by atoms with van der Waals surface area (Å²) in [6, 6.07) is 12.0. The van der Waals surface area contributed by atoms with Crippen LogP contribution in [0.15, 0.2) is 42.5 Å². The number of hydrogen-bond acceptors (Lipinski definition) is 2. The molecule has 20 heavy (non-hydrogen) atoms. The summed E-state index contributed by atoms with van der Waals surface area (Å²) in [6.45, 7) is 0.316. The van der Waals surface area contributed by atoms with Gasteiger partial charge in [0, 0.05) is 11.3 Å². The molecule has 0 saturated carbocycles. The highest BCUT2D eigenvalue weighted by molar-refractivity contribution is 6.01. The van der Waals surface area contributed by atoms with E-state index >= 15 is 0 Å². The van der Waals surface area contributed by atoms with E-state index in [1.807, 2.05) is 24.3 Å². The SMILES string of the molecule is COc1ccc(F)cc1CN1C(=O)Cc2ccccc21. The van der Waals surface area contributed by atoms with E-state index in [0.29, 0.717) is 24.3 Å². The number of amides is 1. The minimum Gasteiger partial charge on any atom is -0.496 e. The Morgan fingerprint density at radius 1 is 1.25 bits per heavy atom. The van der Waals surface area contributed by atoms with E-state index in [2.05, 4.69) is 0 Å². The number of nitrogens with zero attached hydrogens (tertiary/aromatic N) is 1. The molecule has 2 aromatic carbocycles. The van der Waals surface area contributed by atoms with Crippen LogP contribution in [0.2, 0.25) is 0 Å². The Balaban J connectivity index is 1.96. The van der Waals surface area contributed by atoms with E-state index in [-0.39, 0.29) is 11.7 Å². The molecule has 1 amide bonds. The molecule has 0 radical (unpaired) electrons. The summed E-state index contributed by atoms with van der Waals surface area (Å²) < 4.78 is 18.6. The fraction of sp³-hybridized carbons (Fsp3) is 0.188. The lowest BCUT2D eigenvalue weighted by Gasteiger charge is -2.19. The van der Waals surface area contributed by atoms with Crippen molar-refractivity contribution in [2.75, 3.05) is 12.0 Å². The van der Waals surface area contributed by atoms with Gasteiger partial charge in [-0.2, -0.15) is 0 Å². The van der Waals surface area contributed by atoms with Crippen LogP contribution in [0.5, 0.6) is 5.75 Å². The highest BCUT2D eigenvalue weighted by Crippen LogP contribution is 2.31. The van der Waals surface area contributed by atoms with Crippen molar-refractivity contribution in [2.24, 2.45) is 0 Å². The molecule has 2 aromatic rings. The largest absolute Gasteiger partial charge is 0.496 e. The van der Waals surface area contributed by atoms with E-state index in [1.165, 1.54) is 19.2 Å². The molecule has 0 fully saturated rings. The number of ether oxygens (including phenoxy) is 1. The molecule has 0 saturated heterocycles. The predicted octanol–water partition coefficient (Wildman–Crippen LogP) is 2.92. The van der Waals surface area contributed by atoms with Crippen molar-refractivity contribution >= 4 is 11.6 Å². The molecule has 0 unspecified atom stereocenters. The quantitative estimate of drug-likeness (QED) is 0.859. The Bertz CT molecular complexity index is 669.